The molecule has 1 aromatic rings. The molecule has 1 atom stereocenters. The van der Waals surface area contributed by atoms with Crippen LogP contribution in [0.4, 0.5) is 0 Å². The van der Waals surface area contributed by atoms with Crippen molar-refractivity contribution in [2.45, 2.75) is 0 Å². The fourth-order valence-corrected chi connectivity index (χ4v) is 2.13. The molecule has 0 radical (unpaired) electrons. The summed E-state index contributed by atoms with van der Waals surface area (Å²) in [7, 11) is 0. The maximum atomic E-state index is 5.61. The van der Waals surface area contributed by atoms with Crippen molar-refractivity contribution >= 4 is 21.6 Å². The minimum Gasteiger partial charge on any atom is -0.492 e. The minimum atomic E-state index is 0.303. The highest BCUT2D eigenvalue weighted by Crippen LogP contribution is 2.32. The zero-order valence-corrected chi connectivity index (χ0v) is 8.95. The summed E-state index contributed by atoms with van der Waals surface area (Å²) in [4.78, 5) is 5.08. The number of hydrogen-bond acceptors (Lipinski definition) is 3. The summed E-state index contributed by atoms with van der Waals surface area (Å²) in [5, 5.41) is 4.06. The summed E-state index contributed by atoms with van der Waals surface area (Å²) in [5.41, 5.74) is 2.07. The topological polar surface area (TPSA) is 30.8 Å². The van der Waals surface area contributed by atoms with E-state index in [0.717, 1.165) is 21.5 Å². The summed E-state index contributed by atoms with van der Waals surface area (Å²) in [6.45, 7) is 1.31. The molecule has 0 saturated carbocycles. The zero-order chi connectivity index (χ0) is 9.54. The van der Waals surface area contributed by atoms with Gasteiger partial charge in [-0.2, -0.15) is 0 Å². The van der Waals surface area contributed by atoms with Crippen LogP contribution in [0.25, 0.3) is 0 Å². The molecule has 2 aliphatic heterocycles. The second-order valence-electron chi connectivity index (χ2n) is 3.42. The Balaban J connectivity index is 2.16. The van der Waals surface area contributed by atoms with Gasteiger partial charge in [0.2, 0.25) is 0 Å². The number of rotatable bonds is 0. The molecule has 1 unspecified atom stereocenters. The van der Waals surface area contributed by atoms with Crippen molar-refractivity contribution in [2.24, 2.45) is 11.1 Å². The lowest BCUT2D eigenvalue weighted by molar-refractivity contribution is 0.137. The summed E-state index contributed by atoms with van der Waals surface area (Å²) in [6.07, 6.45) is 0. The Labute approximate surface area is 89.8 Å². The Hall–Kier alpha value is -1.03. The minimum absolute atomic E-state index is 0.303. The van der Waals surface area contributed by atoms with E-state index in [1.807, 2.05) is 18.2 Å². The molecular formula is C10H8BrNO2. The number of halogens is 1. The maximum Gasteiger partial charge on any atom is 0.129 e. The van der Waals surface area contributed by atoms with Crippen LogP contribution in [0.1, 0.15) is 5.56 Å². The van der Waals surface area contributed by atoms with E-state index in [1.54, 1.807) is 0 Å². The molecule has 0 aliphatic carbocycles. The van der Waals surface area contributed by atoms with Crippen LogP contribution in [0.2, 0.25) is 0 Å². The van der Waals surface area contributed by atoms with E-state index in [0.29, 0.717) is 19.1 Å². The van der Waals surface area contributed by atoms with Crippen LogP contribution in [0.3, 0.4) is 0 Å². The quantitative estimate of drug-likeness (QED) is 0.710. The van der Waals surface area contributed by atoms with Gasteiger partial charge in [0, 0.05) is 10.0 Å². The lowest BCUT2D eigenvalue weighted by Gasteiger charge is -2.21. The molecule has 1 aromatic carbocycles. The number of ether oxygens (including phenoxy) is 1. The van der Waals surface area contributed by atoms with Crippen molar-refractivity contribution in [1.29, 1.82) is 0 Å². The highest BCUT2D eigenvalue weighted by molar-refractivity contribution is 9.10. The first-order chi connectivity index (χ1) is 6.84. The van der Waals surface area contributed by atoms with E-state index in [4.69, 9.17) is 9.57 Å². The smallest absolute Gasteiger partial charge is 0.129 e. The molecule has 4 heteroatoms. The van der Waals surface area contributed by atoms with E-state index < -0.39 is 0 Å². The summed E-state index contributed by atoms with van der Waals surface area (Å²) in [6, 6.07) is 5.95. The number of nitrogens with zero attached hydrogens (tertiary/aromatic N) is 1. The molecule has 0 spiro atoms. The molecule has 2 aliphatic rings. The lowest BCUT2D eigenvalue weighted by Crippen LogP contribution is -2.27. The van der Waals surface area contributed by atoms with Gasteiger partial charge in [0.15, 0.2) is 0 Å². The van der Waals surface area contributed by atoms with E-state index in [2.05, 4.69) is 21.1 Å². The molecule has 0 fully saturated rings. The molecule has 3 nitrogen and oxygen atoms in total. The predicted molar refractivity (Wildman–Crippen MR) is 55.6 cm³/mol. The first-order valence-corrected chi connectivity index (χ1v) is 5.26. The van der Waals surface area contributed by atoms with E-state index in [1.165, 1.54) is 0 Å². The van der Waals surface area contributed by atoms with E-state index in [9.17, 15) is 0 Å². The van der Waals surface area contributed by atoms with Gasteiger partial charge in [0.05, 0.1) is 5.92 Å². The summed E-state index contributed by atoms with van der Waals surface area (Å²) in [5.74, 6) is 1.20. The lowest BCUT2D eigenvalue weighted by atomic mass is 9.96. The van der Waals surface area contributed by atoms with Gasteiger partial charge in [0.25, 0.3) is 0 Å². The van der Waals surface area contributed by atoms with Crippen molar-refractivity contribution in [1.82, 2.24) is 0 Å². The SMILES string of the molecule is Brc1ccc2c(c1)C1=NOCC1CO2. The summed E-state index contributed by atoms with van der Waals surface area (Å²) >= 11 is 3.44. The average molecular weight is 254 g/mol. The first-order valence-electron chi connectivity index (χ1n) is 4.47. The van der Waals surface area contributed by atoms with Crippen LogP contribution in [-0.4, -0.2) is 18.9 Å². The van der Waals surface area contributed by atoms with Gasteiger partial charge >= 0.3 is 0 Å². The Kier molecular flexibility index (Phi) is 1.77. The highest BCUT2D eigenvalue weighted by atomic mass is 79.9. The fourth-order valence-electron chi connectivity index (χ4n) is 1.76. The van der Waals surface area contributed by atoms with E-state index >= 15 is 0 Å². The van der Waals surface area contributed by atoms with Crippen LogP contribution in [-0.2, 0) is 4.84 Å². The third-order valence-electron chi connectivity index (χ3n) is 2.48. The Morgan fingerprint density at radius 2 is 2.29 bits per heavy atom. The van der Waals surface area contributed by atoms with Crippen molar-refractivity contribution in [3.05, 3.63) is 28.2 Å². The van der Waals surface area contributed by atoms with Gasteiger partial charge < -0.3 is 9.57 Å². The van der Waals surface area contributed by atoms with Crippen LogP contribution in [0.5, 0.6) is 5.75 Å². The van der Waals surface area contributed by atoms with Crippen molar-refractivity contribution in [2.75, 3.05) is 13.2 Å². The van der Waals surface area contributed by atoms with Crippen LogP contribution >= 0.6 is 15.9 Å². The van der Waals surface area contributed by atoms with Crippen molar-refractivity contribution in [3.8, 4) is 5.75 Å². The number of fused-ring (bicyclic) bond motifs is 3. The van der Waals surface area contributed by atoms with Gasteiger partial charge in [-0.3, -0.25) is 0 Å². The van der Waals surface area contributed by atoms with Gasteiger partial charge in [-0.1, -0.05) is 21.1 Å². The molecule has 3 rings (SSSR count). The van der Waals surface area contributed by atoms with Gasteiger partial charge in [0.1, 0.15) is 24.7 Å². The van der Waals surface area contributed by atoms with Gasteiger partial charge in [-0.15, -0.1) is 0 Å². The number of oxime groups is 1. The largest absolute Gasteiger partial charge is 0.492 e. The Bertz CT molecular complexity index is 417. The van der Waals surface area contributed by atoms with Crippen molar-refractivity contribution in [3.63, 3.8) is 0 Å². The number of benzene rings is 1. The molecular weight excluding hydrogens is 246 g/mol. The third kappa shape index (κ3) is 1.14. The molecule has 0 amide bonds. The van der Waals surface area contributed by atoms with Gasteiger partial charge in [-0.05, 0) is 18.2 Å². The van der Waals surface area contributed by atoms with Gasteiger partial charge in [-0.25, -0.2) is 0 Å². The normalized spacial score (nSPS) is 22.9. The standard InChI is InChI=1S/C10H8BrNO2/c11-7-1-2-9-8(3-7)10-6(4-13-9)5-14-12-10/h1-3,6H,4-5H2. The highest BCUT2D eigenvalue weighted by Gasteiger charge is 2.31. The average Bonchev–Trinajstić information content (AvgIpc) is 2.65. The fraction of sp³-hybridized carbons (Fsp3) is 0.300. The van der Waals surface area contributed by atoms with Crippen LogP contribution in [0.15, 0.2) is 27.8 Å². The molecule has 14 heavy (non-hydrogen) atoms. The van der Waals surface area contributed by atoms with Crippen LogP contribution in [0, 0.1) is 5.92 Å². The summed E-state index contributed by atoms with van der Waals surface area (Å²) < 4.78 is 6.65. The molecule has 2 heterocycles. The molecule has 72 valence electrons. The molecule has 0 bridgehead atoms. The zero-order valence-electron chi connectivity index (χ0n) is 7.37. The maximum absolute atomic E-state index is 5.61. The van der Waals surface area contributed by atoms with Crippen LogP contribution < -0.4 is 4.74 Å². The Morgan fingerprint density at radius 3 is 3.21 bits per heavy atom. The molecule has 0 aromatic heterocycles. The monoisotopic (exact) mass is 253 g/mol. The second-order valence-corrected chi connectivity index (χ2v) is 4.34. The van der Waals surface area contributed by atoms with E-state index in [-0.39, 0.29) is 0 Å². The predicted octanol–water partition coefficient (Wildman–Crippen LogP) is 2.19. The van der Waals surface area contributed by atoms with Crippen molar-refractivity contribution < 1.29 is 9.57 Å². The first kappa shape index (κ1) is 8.29. The molecule has 0 saturated heterocycles. The number of hydrogen-bond donors (Lipinski definition) is 0. The molecule has 0 N–H and O–H groups in total. The third-order valence-corrected chi connectivity index (χ3v) is 2.98. The second kappa shape index (κ2) is 2.98. The Morgan fingerprint density at radius 1 is 1.36 bits per heavy atom.